The Bertz CT molecular complexity index is 391. The Morgan fingerprint density at radius 2 is 1.95 bits per heavy atom. The van der Waals surface area contributed by atoms with Crippen molar-refractivity contribution in [2.24, 2.45) is 5.73 Å². The highest BCUT2D eigenvalue weighted by Gasteiger charge is 2.10. The smallest absolute Gasteiger partial charge is 0.140 e. The second kappa shape index (κ2) is 8.93. The molecule has 0 aromatic carbocycles. The van der Waals surface area contributed by atoms with Gasteiger partial charge in [0.1, 0.15) is 12.4 Å². The average molecular weight is 279 g/mol. The third-order valence-corrected chi connectivity index (χ3v) is 3.61. The highest BCUT2D eigenvalue weighted by Crippen LogP contribution is 2.19. The largest absolute Gasteiger partial charge is 0.490 e. The van der Waals surface area contributed by atoms with Crippen molar-refractivity contribution in [2.45, 2.75) is 46.6 Å². The monoisotopic (exact) mass is 279 g/mol. The number of hydrogen-bond acceptors (Lipinski definition) is 4. The van der Waals surface area contributed by atoms with Crippen LogP contribution in [0.4, 0.5) is 0 Å². The molecule has 20 heavy (non-hydrogen) atoms. The van der Waals surface area contributed by atoms with Crippen molar-refractivity contribution in [3.8, 4) is 5.75 Å². The fourth-order valence-corrected chi connectivity index (χ4v) is 2.09. The van der Waals surface area contributed by atoms with Crippen molar-refractivity contribution >= 4 is 0 Å². The molecule has 0 saturated carbocycles. The molecule has 1 heterocycles. The van der Waals surface area contributed by atoms with E-state index in [1.165, 1.54) is 0 Å². The number of nitrogens with two attached hydrogens (primary N) is 1. The van der Waals surface area contributed by atoms with Crippen LogP contribution in [0.5, 0.6) is 5.75 Å². The summed E-state index contributed by atoms with van der Waals surface area (Å²) < 4.78 is 5.91. The van der Waals surface area contributed by atoms with Gasteiger partial charge in [0.2, 0.25) is 0 Å². The van der Waals surface area contributed by atoms with Crippen LogP contribution in [0.15, 0.2) is 12.1 Å². The molecule has 1 unspecified atom stereocenters. The van der Waals surface area contributed by atoms with Gasteiger partial charge in [-0.2, -0.15) is 0 Å². The summed E-state index contributed by atoms with van der Waals surface area (Å²) in [6.45, 7) is 12.2. The Balaban J connectivity index is 2.64. The van der Waals surface area contributed by atoms with Crippen LogP contribution in [-0.4, -0.2) is 42.2 Å². The second-order valence-corrected chi connectivity index (χ2v) is 5.15. The Morgan fingerprint density at radius 3 is 2.55 bits per heavy atom. The molecule has 0 spiro atoms. The number of nitrogens with zero attached hydrogens (tertiary/aromatic N) is 2. The van der Waals surface area contributed by atoms with Crippen molar-refractivity contribution in [2.75, 3.05) is 26.2 Å². The summed E-state index contributed by atoms with van der Waals surface area (Å²) in [5.74, 6) is 0.881. The first-order valence-electron chi connectivity index (χ1n) is 7.67. The fraction of sp³-hybridized carbons (Fsp3) is 0.688. The molecule has 2 N–H and O–H groups in total. The number of hydrogen-bond donors (Lipinski definition) is 1. The summed E-state index contributed by atoms with van der Waals surface area (Å²) in [4.78, 5) is 6.93. The molecule has 0 bridgehead atoms. The van der Waals surface area contributed by atoms with Gasteiger partial charge in [0.25, 0.3) is 0 Å². The van der Waals surface area contributed by atoms with E-state index in [-0.39, 0.29) is 6.04 Å². The van der Waals surface area contributed by atoms with Gasteiger partial charge < -0.3 is 15.4 Å². The first kappa shape index (κ1) is 16.9. The lowest BCUT2D eigenvalue weighted by Crippen LogP contribution is -2.28. The maximum Gasteiger partial charge on any atom is 0.140 e. The minimum Gasteiger partial charge on any atom is -0.490 e. The van der Waals surface area contributed by atoms with Gasteiger partial charge >= 0.3 is 0 Å². The van der Waals surface area contributed by atoms with E-state index in [0.29, 0.717) is 6.61 Å². The van der Waals surface area contributed by atoms with Gasteiger partial charge in [0, 0.05) is 24.7 Å². The Morgan fingerprint density at radius 1 is 1.25 bits per heavy atom. The number of likely N-dealkylation sites (N-methyl/N-ethyl adjacent to an activating group) is 1. The lowest BCUT2D eigenvalue weighted by Gasteiger charge is -2.19. The van der Waals surface area contributed by atoms with E-state index in [4.69, 9.17) is 10.5 Å². The Hall–Kier alpha value is -1.13. The Kier molecular flexibility index (Phi) is 7.55. The maximum absolute atomic E-state index is 6.04. The molecule has 0 aliphatic carbocycles. The maximum atomic E-state index is 6.04. The number of aryl methyl sites for hydroxylation is 1. The molecular formula is C16H29N3O. The molecular weight excluding hydrogens is 250 g/mol. The molecule has 0 amide bonds. The highest BCUT2D eigenvalue weighted by molar-refractivity contribution is 5.30. The zero-order chi connectivity index (χ0) is 15.0. The van der Waals surface area contributed by atoms with Crippen LogP contribution in [0.25, 0.3) is 0 Å². The summed E-state index contributed by atoms with van der Waals surface area (Å²) in [6, 6.07) is 4.16. The number of ether oxygens (including phenoxy) is 1. The summed E-state index contributed by atoms with van der Waals surface area (Å²) in [6.07, 6.45) is 1.73. The van der Waals surface area contributed by atoms with Gasteiger partial charge in [0.05, 0.1) is 5.69 Å². The topological polar surface area (TPSA) is 51.4 Å². The summed E-state index contributed by atoms with van der Waals surface area (Å²) in [5, 5.41) is 0. The SMILES string of the molecule is CCC(N)Cc1nc(C)ccc1OCCN(CC)CC. The van der Waals surface area contributed by atoms with E-state index in [0.717, 1.165) is 49.6 Å². The fourth-order valence-electron chi connectivity index (χ4n) is 2.09. The minimum atomic E-state index is 0.148. The third kappa shape index (κ3) is 5.47. The van der Waals surface area contributed by atoms with Crippen LogP contribution in [0.1, 0.15) is 38.6 Å². The number of rotatable bonds is 9. The van der Waals surface area contributed by atoms with Crippen molar-refractivity contribution in [3.05, 3.63) is 23.5 Å². The predicted molar refractivity (Wildman–Crippen MR) is 84.2 cm³/mol. The molecule has 0 saturated heterocycles. The lowest BCUT2D eigenvalue weighted by atomic mass is 10.1. The second-order valence-electron chi connectivity index (χ2n) is 5.15. The Labute approximate surface area is 123 Å². The van der Waals surface area contributed by atoms with E-state index < -0.39 is 0 Å². The zero-order valence-electron chi connectivity index (χ0n) is 13.4. The molecule has 4 nitrogen and oxygen atoms in total. The molecule has 1 atom stereocenters. The minimum absolute atomic E-state index is 0.148. The van der Waals surface area contributed by atoms with E-state index in [9.17, 15) is 0 Å². The van der Waals surface area contributed by atoms with Crippen molar-refractivity contribution in [3.63, 3.8) is 0 Å². The molecule has 0 aliphatic rings. The molecule has 1 rings (SSSR count). The zero-order valence-corrected chi connectivity index (χ0v) is 13.4. The van der Waals surface area contributed by atoms with Gasteiger partial charge in [-0.1, -0.05) is 20.8 Å². The van der Waals surface area contributed by atoms with E-state index >= 15 is 0 Å². The van der Waals surface area contributed by atoms with Crippen LogP contribution in [0.2, 0.25) is 0 Å². The normalized spacial score (nSPS) is 12.7. The highest BCUT2D eigenvalue weighted by atomic mass is 16.5. The summed E-state index contributed by atoms with van der Waals surface area (Å²) in [5.41, 5.74) is 8.04. The van der Waals surface area contributed by atoms with Gasteiger partial charge in [-0.25, -0.2) is 0 Å². The standard InChI is InChI=1S/C16H29N3O/c1-5-14(17)12-15-16(9-8-13(4)18-15)20-11-10-19(6-2)7-3/h8-9,14H,5-7,10-12,17H2,1-4H3. The van der Waals surface area contributed by atoms with Gasteiger partial charge in [-0.3, -0.25) is 4.98 Å². The van der Waals surface area contributed by atoms with Crippen LogP contribution in [0, 0.1) is 6.92 Å². The van der Waals surface area contributed by atoms with Crippen molar-refractivity contribution in [1.29, 1.82) is 0 Å². The molecule has 0 fully saturated rings. The molecule has 1 aromatic heterocycles. The van der Waals surface area contributed by atoms with Gasteiger partial charge in [0.15, 0.2) is 0 Å². The van der Waals surface area contributed by atoms with Crippen LogP contribution >= 0.6 is 0 Å². The summed E-state index contributed by atoms with van der Waals surface area (Å²) in [7, 11) is 0. The first-order valence-corrected chi connectivity index (χ1v) is 7.67. The average Bonchev–Trinajstić information content (AvgIpc) is 2.45. The van der Waals surface area contributed by atoms with Gasteiger partial charge in [-0.15, -0.1) is 0 Å². The molecule has 0 radical (unpaired) electrons. The number of pyridine rings is 1. The van der Waals surface area contributed by atoms with Crippen molar-refractivity contribution in [1.82, 2.24) is 9.88 Å². The summed E-state index contributed by atoms with van der Waals surface area (Å²) >= 11 is 0. The first-order chi connectivity index (χ1) is 9.60. The van der Waals surface area contributed by atoms with Crippen molar-refractivity contribution < 1.29 is 4.74 Å². The van der Waals surface area contributed by atoms with E-state index in [1.807, 2.05) is 19.1 Å². The quantitative estimate of drug-likeness (QED) is 0.754. The molecule has 1 aromatic rings. The van der Waals surface area contributed by atoms with Crippen LogP contribution < -0.4 is 10.5 Å². The van der Waals surface area contributed by atoms with E-state index in [1.54, 1.807) is 0 Å². The third-order valence-electron chi connectivity index (χ3n) is 3.61. The van der Waals surface area contributed by atoms with Crippen LogP contribution in [0.3, 0.4) is 0 Å². The molecule has 0 aliphatic heterocycles. The predicted octanol–water partition coefficient (Wildman–Crippen LogP) is 2.39. The lowest BCUT2D eigenvalue weighted by molar-refractivity contribution is 0.221. The molecule has 4 heteroatoms. The molecule has 114 valence electrons. The van der Waals surface area contributed by atoms with Crippen LogP contribution in [-0.2, 0) is 6.42 Å². The van der Waals surface area contributed by atoms with Gasteiger partial charge in [-0.05, 0) is 38.6 Å². The van der Waals surface area contributed by atoms with E-state index in [2.05, 4.69) is 30.7 Å². The number of aromatic nitrogens is 1.